The maximum Gasteiger partial charge on any atom is 0.178 e. The summed E-state index contributed by atoms with van der Waals surface area (Å²) < 4.78 is 90.7. The first-order chi connectivity index (χ1) is 25.6. The van der Waals surface area contributed by atoms with Crippen LogP contribution in [0.4, 0.5) is 0 Å². The van der Waals surface area contributed by atoms with Crippen LogP contribution in [0.25, 0.3) is 98.4 Å². The quantitative estimate of drug-likeness (QED) is 0.194. The summed E-state index contributed by atoms with van der Waals surface area (Å²) in [4.78, 5) is 0. The third-order valence-corrected chi connectivity index (χ3v) is 8.54. The van der Waals surface area contributed by atoms with Crippen molar-refractivity contribution in [1.82, 2.24) is 0 Å². The highest BCUT2D eigenvalue weighted by Crippen LogP contribution is 2.41. The van der Waals surface area contributed by atoms with Crippen molar-refractivity contribution in [2.45, 2.75) is 0 Å². The van der Waals surface area contributed by atoms with Crippen LogP contribution < -0.4 is 0 Å². The summed E-state index contributed by atoms with van der Waals surface area (Å²) in [6, 6.07) is 27.3. The molecule has 0 spiro atoms. The van der Waals surface area contributed by atoms with E-state index in [4.69, 9.17) is 19.8 Å². The van der Waals surface area contributed by atoms with Crippen molar-refractivity contribution >= 4 is 76.2 Å². The van der Waals surface area contributed by atoms with E-state index in [0.717, 1.165) is 38.1 Å². The number of benzene rings is 8. The van der Waals surface area contributed by atoms with Crippen LogP contribution >= 0.6 is 0 Å². The molecule has 0 aliphatic heterocycles. The fourth-order valence-electron chi connectivity index (χ4n) is 6.50. The molecule has 0 radical (unpaired) electrons. The molecular formula is C42H24O2. The van der Waals surface area contributed by atoms with E-state index in [1.54, 1.807) is 6.07 Å². The standard InChI is InChI=1S/C42H24O2/c1-2-12-31-29(10-1)30-11-3-4-13-32(30)37-23-27(16-18-33(31)37)25-8-7-9-26(22-25)28-17-21-40-38(24-28)36-20-19-35-34-14-5-6-15-39(34)43-41(35)42(36)44-40/h1-24H/i5D,6D,14D,15D,17D,19D,20D,21D,24D. The van der Waals surface area contributed by atoms with Crippen LogP contribution in [0, 0.1) is 0 Å². The highest BCUT2D eigenvalue weighted by Gasteiger charge is 2.16. The minimum atomic E-state index is -0.502. The Kier molecular flexibility index (Phi) is 3.35. The van der Waals surface area contributed by atoms with Crippen molar-refractivity contribution in [2.75, 3.05) is 0 Å². The smallest absolute Gasteiger partial charge is 0.178 e. The number of furan rings is 2. The normalized spacial score (nSPS) is 15.0. The molecule has 0 aliphatic rings. The molecule has 0 fully saturated rings. The minimum Gasteiger partial charge on any atom is -0.452 e. The molecule has 0 saturated carbocycles. The van der Waals surface area contributed by atoms with Gasteiger partial charge in [0.05, 0.1) is 12.3 Å². The van der Waals surface area contributed by atoms with Gasteiger partial charge >= 0.3 is 0 Å². The molecule has 8 aromatic carbocycles. The number of hydrogen-bond donors (Lipinski definition) is 0. The van der Waals surface area contributed by atoms with Gasteiger partial charge in [-0.2, -0.15) is 0 Å². The van der Waals surface area contributed by atoms with Gasteiger partial charge in [-0.15, -0.1) is 0 Å². The van der Waals surface area contributed by atoms with Crippen molar-refractivity contribution < 1.29 is 21.2 Å². The Morgan fingerprint density at radius 3 is 1.66 bits per heavy atom. The van der Waals surface area contributed by atoms with Crippen LogP contribution in [-0.2, 0) is 0 Å². The third-order valence-electron chi connectivity index (χ3n) is 8.54. The molecule has 0 N–H and O–H groups in total. The molecule has 0 saturated heterocycles. The van der Waals surface area contributed by atoms with Crippen molar-refractivity contribution in [2.24, 2.45) is 0 Å². The average Bonchev–Trinajstić information content (AvgIpc) is 3.79. The van der Waals surface area contributed by atoms with E-state index in [-0.39, 0.29) is 79.7 Å². The maximum atomic E-state index is 9.42. The topological polar surface area (TPSA) is 26.3 Å². The molecular weight excluding hydrogens is 536 g/mol. The van der Waals surface area contributed by atoms with Gasteiger partial charge in [-0.3, -0.25) is 0 Å². The Balaban J connectivity index is 1.21. The first-order valence-electron chi connectivity index (χ1n) is 18.8. The second-order valence-electron chi connectivity index (χ2n) is 11.0. The Bertz CT molecular complexity index is 3250. The molecule has 2 heterocycles. The van der Waals surface area contributed by atoms with Gasteiger partial charge in [0, 0.05) is 21.5 Å². The van der Waals surface area contributed by atoms with Crippen LogP contribution in [0.2, 0.25) is 0 Å². The van der Waals surface area contributed by atoms with Crippen molar-refractivity contribution in [3.05, 3.63) is 145 Å². The molecule has 44 heavy (non-hydrogen) atoms. The highest BCUT2D eigenvalue weighted by atomic mass is 16.4. The van der Waals surface area contributed by atoms with Gasteiger partial charge < -0.3 is 8.83 Å². The van der Waals surface area contributed by atoms with Crippen molar-refractivity contribution in [3.63, 3.8) is 0 Å². The predicted molar refractivity (Wildman–Crippen MR) is 184 cm³/mol. The summed E-state index contributed by atoms with van der Waals surface area (Å²) >= 11 is 0. The molecule has 204 valence electrons. The van der Waals surface area contributed by atoms with Crippen LogP contribution in [0.1, 0.15) is 12.3 Å². The molecule has 0 bridgehead atoms. The summed E-state index contributed by atoms with van der Waals surface area (Å²) in [7, 11) is 0. The lowest BCUT2D eigenvalue weighted by Gasteiger charge is -2.12. The zero-order valence-electron chi connectivity index (χ0n) is 32.0. The maximum absolute atomic E-state index is 9.42. The van der Waals surface area contributed by atoms with Gasteiger partial charge in [-0.05, 0) is 96.9 Å². The Labute approximate surface area is 265 Å². The highest BCUT2D eigenvalue weighted by molar-refractivity contribution is 6.26. The lowest BCUT2D eigenvalue weighted by atomic mass is 9.91. The minimum absolute atomic E-state index is 0.0169. The Hall–Kier alpha value is -5.86. The van der Waals surface area contributed by atoms with Crippen LogP contribution in [0.3, 0.4) is 0 Å². The van der Waals surface area contributed by atoms with Gasteiger partial charge in [0.15, 0.2) is 11.2 Å². The fraction of sp³-hybridized carbons (Fsp3) is 0. The zero-order chi connectivity index (χ0) is 36.6. The fourth-order valence-corrected chi connectivity index (χ4v) is 6.50. The van der Waals surface area contributed by atoms with Gasteiger partial charge in [0.2, 0.25) is 0 Å². The predicted octanol–water partition coefficient (Wildman–Crippen LogP) is 12.3. The van der Waals surface area contributed by atoms with E-state index in [1.807, 2.05) is 36.4 Å². The second kappa shape index (κ2) is 8.82. The molecule has 2 nitrogen and oxygen atoms in total. The van der Waals surface area contributed by atoms with Crippen molar-refractivity contribution in [1.29, 1.82) is 0 Å². The largest absolute Gasteiger partial charge is 0.452 e. The van der Waals surface area contributed by atoms with Crippen LogP contribution in [0.5, 0.6) is 0 Å². The average molecular weight is 570 g/mol. The number of para-hydroxylation sites is 1. The van der Waals surface area contributed by atoms with Crippen LogP contribution in [-0.4, -0.2) is 0 Å². The molecule has 0 amide bonds. The zero-order valence-corrected chi connectivity index (χ0v) is 23.0. The molecule has 10 rings (SSSR count). The van der Waals surface area contributed by atoms with Gasteiger partial charge in [-0.1, -0.05) is 103 Å². The number of fused-ring (bicyclic) bond motifs is 13. The summed E-state index contributed by atoms with van der Waals surface area (Å²) in [5, 5.41) is 6.93. The summed E-state index contributed by atoms with van der Waals surface area (Å²) in [6.07, 6.45) is 0. The number of hydrogen-bond acceptors (Lipinski definition) is 2. The van der Waals surface area contributed by atoms with E-state index in [9.17, 15) is 1.37 Å². The van der Waals surface area contributed by atoms with E-state index >= 15 is 0 Å². The first kappa shape index (κ1) is 16.7. The SMILES string of the molecule is [2H]c1c([2H])c([2H])c2c(oc3c4oc5c([2H])c([2H])c(-c6cccc(-c7ccc8c9ccccc9c9ccccc9c8c7)c6)c([2H])c5c4c([2H])c([2H])c32)c1[2H]. The van der Waals surface area contributed by atoms with E-state index < -0.39 is 24.2 Å². The Morgan fingerprint density at radius 2 is 0.932 bits per heavy atom. The van der Waals surface area contributed by atoms with E-state index in [1.165, 1.54) is 5.39 Å². The first-order valence-corrected chi connectivity index (χ1v) is 14.3. The molecule has 10 aromatic rings. The lowest BCUT2D eigenvalue weighted by molar-refractivity contribution is 0.633. The van der Waals surface area contributed by atoms with Crippen molar-refractivity contribution in [3.8, 4) is 22.3 Å². The number of rotatable bonds is 2. The summed E-state index contributed by atoms with van der Waals surface area (Å²) in [5.74, 6) is 0. The van der Waals surface area contributed by atoms with Crippen LogP contribution in [0.15, 0.2) is 154 Å². The van der Waals surface area contributed by atoms with Gasteiger partial charge in [0.1, 0.15) is 11.2 Å². The summed E-state index contributed by atoms with van der Waals surface area (Å²) in [5.41, 5.74) is 2.03. The molecule has 0 unspecified atom stereocenters. The monoisotopic (exact) mass is 569 g/mol. The second-order valence-corrected chi connectivity index (χ2v) is 11.0. The van der Waals surface area contributed by atoms with Gasteiger partial charge in [0.25, 0.3) is 0 Å². The van der Waals surface area contributed by atoms with Gasteiger partial charge in [-0.25, -0.2) is 0 Å². The van der Waals surface area contributed by atoms with E-state index in [2.05, 4.69) is 48.5 Å². The summed E-state index contributed by atoms with van der Waals surface area (Å²) in [6.45, 7) is 0. The molecule has 0 aliphatic carbocycles. The lowest BCUT2D eigenvalue weighted by Crippen LogP contribution is -1.85. The van der Waals surface area contributed by atoms with E-state index in [0.29, 0.717) is 5.56 Å². The Morgan fingerprint density at radius 1 is 0.364 bits per heavy atom. The molecule has 2 aromatic heterocycles. The third kappa shape index (κ3) is 3.31. The molecule has 0 atom stereocenters. The molecule has 2 heteroatoms.